The van der Waals surface area contributed by atoms with Crippen molar-refractivity contribution in [3.8, 4) is 0 Å². The van der Waals surface area contributed by atoms with Crippen LogP contribution in [0.2, 0.25) is 0 Å². The molecule has 0 amide bonds. The number of Topliss-reactive ketones (excluding diaryl/α,β-unsaturated/α-hetero) is 1. The highest BCUT2D eigenvalue weighted by Gasteiger charge is 2.15. The Morgan fingerprint density at radius 3 is 2.47 bits per heavy atom. The van der Waals surface area contributed by atoms with Crippen LogP contribution in [-0.4, -0.2) is 5.78 Å². The zero-order valence-electron chi connectivity index (χ0n) is 8.94. The van der Waals surface area contributed by atoms with Crippen molar-refractivity contribution < 1.29 is 9.36 Å². The summed E-state index contributed by atoms with van der Waals surface area (Å²) in [6.07, 6.45) is 1.88. The Bertz CT molecular complexity index is 540. The second-order valence-corrected chi connectivity index (χ2v) is 5.32. The van der Waals surface area contributed by atoms with Gasteiger partial charge in [0.05, 0.1) is 4.47 Å². The van der Waals surface area contributed by atoms with Gasteiger partial charge in [-0.3, -0.25) is 4.79 Å². The first kappa shape index (κ1) is 12.5. The van der Waals surface area contributed by atoms with Crippen molar-refractivity contribution in [2.75, 3.05) is 0 Å². The van der Waals surface area contributed by atoms with Crippen molar-refractivity contribution in [2.45, 2.75) is 6.54 Å². The molecule has 4 heteroatoms. The molecule has 2 rings (SSSR count). The molecule has 17 heavy (non-hydrogen) atoms. The predicted octanol–water partition coefficient (Wildman–Crippen LogP) is 3.38. The van der Waals surface area contributed by atoms with Gasteiger partial charge in [-0.2, -0.15) is 4.57 Å². The second kappa shape index (κ2) is 5.56. The molecule has 86 valence electrons. The number of halogens is 2. The van der Waals surface area contributed by atoms with E-state index in [0.29, 0.717) is 6.54 Å². The van der Waals surface area contributed by atoms with Gasteiger partial charge in [-0.05, 0) is 22.0 Å². The molecule has 0 unspecified atom stereocenters. The predicted molar refractivity (Wildman–Crippen MR) is 72.8 cm³/mol. The third kappa shape index (κ3) is 3.23. The van der Waals surface area contributed by atoms with Crippen molar-refractivity contribution in [3.63, 3.8) is 0 Å². The van der Waals surface area contributed by atoms with Gasteiger partial charge < -0.3 is 0 Å². The summed E-state index contributed by atoms with van der Waals surface area (Å²) in [5, 5.41) is 0. The third-order valence-corrected chi connectivity index (χ3v) is 3.53. The molecular formula is C13H10Br2NO+. The number of hydrogen-bond acceptors (Lipinski definition) is 1. The molecule has 1 aromatic carbocycles. The quantitative estimate of drug-likeness (QED) is 0.469. The number of nitrogens with zero attached hydrogens (tertiary/aromatic N) is 1. The SMILES string of the molecule is O=C(C[n+]1cc(Br)ccc1Br)c1ccccc1. The summed E-state index contributed by atoms with van der Waals surface area (Å²) in [7, 11) is 0. The number of carbonyl (C=O) groups excluding carboxylic acids is 1. The monoisotopic (exact) mass is 354 g/mol. The first-order valence-corrected chi connectivity index (χ1v) is 6.68. The summed E-state index contributed by atoms with van der Waals surface area (Å²) in [4.78, 5) is 12.0. The maximum atomic E-state index is 12.0. The van der Waals surface area contributed by atoms with Gasteiger partial charge in [0.15, 0.2) is 6.20 Å². The summed E-state index contributed by atoms with van der Waals surface area (Å²) < 4.78 is 3.69. The van der Waals surface area contributed by atoms with Gasteiger partial charge in [0, 0.05) is 27.6 Å². The molecule has 0 fully saturated rings. The van der Waals surface area contributed by atoms with Crippen molar-refractivity contribution in [1.29, 1.82) is 0 Å². The van der Waals surface area contributed by atoms with E-state index >= 15 is 0 Å². The first-order valence-electron chi connectivity index (χ1n) is 5.09. The van der Waals surface area contributed by atoms with Gasteiger partial charge in [-0.15, -0.1) is 0 Å². The van der Waals surface area contributed by atoms with E-state index in [0.717, 1.165) is 14.6 Å². The Morgan fingerprint density at radius 1 is 1.06 bits per heavy atom. The van der Waals surface area contributed by atoms with Crippen molar-refractivity contribution in [3.05, 3.63) is 63.3 Å². The van der Waals surface area contributed by atoms with Crippen molar-refractivity contribution in [2.24, 2.45) is 0 Å². The fourth-order valence-electron chi connectivity index (χ4n) is 1.49. The normalized spacial score (nSPS) is 10.2. The molecule has 0 aliphatic rings. The molecule has 1 heterocycles. The maximum absolute atomic E-state index is 12.0. The molecule has 0 bridgehead atoms. The summed E-state index contributed by atoms with van der Waals surface area (Å²) in [5.41, 5.74) is 0.729. The van der Waals surface area contributed by atoms with Crippen LogP contribution in [0.3, 0.4) is 0 Å². The molecule has 0 aliphatic carbocycles. The highest BCUT2D eigenvalue weighted by molar-refractivity contribution is 9.10. The number of aromatic nitrogens is 1. The fourth-order valence-corrected chi connectivity index (χ4v) is 2.23. The Labute approximate surface area is 117 Å². The maximum Gasteiger partial charge on any atom is 0.248 e. The van der Waals surface area contributed by atoms with Crippen LogP contribution in [0.25, 0.3) is 0 Å². The lowest BCUT2D eigenvalue weighted by molar-refractivity contribution is -0.694. The Hall–Kier alpha value is -1.00. The van der Waals surface area contributed by atoms with Crippen LogP contribution in [-0.2, 0) is 6.54 Å². The zero-order valence-corrected chi connectivity index (χ0v) is 12.1. The Balaban J connectivity index is 2.22. The smallest absolute Gasteiger partial charge is 0.248 e. The number of rotatable bonds is 3. The Morgan fingerprint density at radius 2 is 1.76 bits per heavy atom. The number of ketones is 1. The minimum Gasteiger partial charge on any atom is -0.287 e. The lowest BCUT2D eigenvalue weighted by Crippen LogP contribution is -2.39. The van der Waals surface area contributed by atoms with Gasteiger partial charge >= 0.3 is 0 Å². The van der Waals surface area contributed by atoms with E-state index in [1.165, 1.54) is 0 Å². The van der Waals surface area contributed by atoms with Crippen LogP contribution >= 0.6 is 31.9 Å². The zero-order chi connectivity index (χ0) is 12.3. The minimum atomic E-state index is 0.0920. The standard InChI is InChI=1S/C13H10Br2NO/c14-11-6-7-13(15)16(8-11)9-12(17)10-4-2-1-3-5-10/h1-8H,9H2/q+1. The molecule has 2 nitrogen and oxygen atoms in total. The van der Waals surface area contributed by atoms with E-state index in [4.69, 9.17) is 0 Å². The third-order valence-electron chi connectivity index (χ3n) is 2.34. The molecule has 2 aromatic rings. The molecule has 0 spiro atoms. The van der Waals surface area contributed by atoms with E-state index in [1.807, 2.05) is 53.2 Å². The Kier molecular flexibility index (Phi) is 4.07. The molecule has 0 saturated carbocycles. The summed E-state index contributed by atoms with van der Waals surface area (Å²) in [6.45, 7) is 0.323. The van der Waals surface area contributed by atoms with E-state index in [1.54, 1.807) is 0 Å². The molecule has 0 aliphatic heterocycles. The van der Waals surface area contributed by atoms with Crippen LogP contribution in [0, 0.1) is 0 Å². The lowest BCUT2D eigenvalue weighted by atomic mass is 10.1. The van der Waals surface area contributed by atoms with E-state index in [2.05, 4.69) is 31.9 Å². The number of benzene rings is 1. The molecule has 0 radical (unpaired) electrons. The van der Waals surface area contributed by atoms with Crippen LogP contribution in [0.5, 0.6) is 0 Å². The lowest BCUT2D eigenvalue weighted by Gasteiger charge is -2.00. The number of pyridine rings is 1. The van der Waals surface area contributed by atoms with Gasteiger partial charge in [0.2, 0.25) is 16.9 Å². The molecular weight excluding hydrogens is 346 g/mol. The van der Waals surface area contributed by atoms with E-state index in [-0.39, 0.29) is 5.78 Å². The largest absolute Gasteiger partial charge is 0.287 e. The molecule has 0 N–H and O–H groups in total. The topological polar surface area (TPSA) is 20.9 Å². The van der Waals surface area contributed by atoms with Gasteiger partial charge in [-0.1, -0.05) is 30.3 Å². The van der Waals surface area contributed by atoms with Crippen LogP contribution in [0.4, 0.5) is 0 Å². The first-order chi connectivity index (χ1) is 8.16. The fraction of sp³-hybridized carbons (Fsp3) is 0.0769. The molecule has 0 saturated heterocycles. The average Bonchev–Trinajstić information content (AvgIpc) is 2.35. The number of hydrogen-bond donors (Lipinski definition) is 0. The highest BCUT2D eigenvalue weighted by Crippen LogP contribution is 2.10. The highest BCUT2D eigenvalue weighted by atomic mass is 79.9. The minimum absolute atomic E-state index is 0.0920. The van der Waals surface area contributed by atoms with E-state index < -0.39 is 0 Å². The van der Waals surface area contributed by atoms with E-state index in [9.17, 15) is 4.79 Å². The van der Waals surface area contributed by atoms with Gasteiger partial charge in [-0.25, -0.2) is 0 Å². The second-order valence-electron chi connectivity index (χ2n) is 3.59. The van der Waals surface area contributed by atoms with Crippen LogP contribution < -0.4 is 4.57 Å². The average molecular weight is 356 g/mol. The molecule has 0 atom stereocenters. The molecule has 1 aromatic heterocycles. The van der Waals surface area contributed by atoms with Crippen molar-refractivity contribution in [1.82, 2.24) is 0 Å². The van der Waals surface area contributed by atoms with Gasteiger partial charge in [0.1, 0.15) is 0 Å². The summed E-state index contributed by atoms with van der Waals surface area (Å²) >= 11 is 6.81. The number of carbonyl (C=O) groups is 1. The van der Waals surface area contributed by atoms with Crippen molar-refractivity contribution >= 4 is 37.6 Å². The van der Waals surface area contributed by atoms with Crippen LogP contribution in [0.1, 0.15) is 10.4 Å². The summed E-state index contributed by atoms with van der Waals surface area (Å²) in [6, 6.07) is 13.1. The summed E-state index contributed by atoms with van der Waals surface area (Å²) in [5.74, 6) is 0.0920. The van der Waals surface area contributed by atoms with Gasteiger partial charge in [0.25, 0.3) is 0 Å². The van der Waals surface area contributed by atoms with Crippen LogP contribution in [0.15, 0.2) is 57.7 Å².